The molecule has 11 heavy (non-hydrogen) atoms. The molecule has 0 bridgehead atoms. The van der Waals surface area contributed by atoms with Gasteiger partial charge in [-0.3, -0.25) is 0 Å². The van der Waals surface area contributed by atoms with Crippen LogP contribution in [0.15, 0.2) is 12.7 Å². The molecule has 3 heteroatoms. The third-order valence-electron chi connectivity index (χ3n) is 1.44. The molecule has 1 nitrogen and oxygen atoms in total. The number of rotatable bonds is 4. The summed E-state index contributed by atoms with van der Waals surface area (Å²) in [7, 11) is 0. The molecule has 0 aliphatic carbocycles. The molecule has 0 saturated carbocycles. The first-order valence-corrected chi connectivity index (χ1v) is 5.78. The van der Waals surface area contributed by atoms with E-state index in [1.807, 2.05) is 23.5 Å². The van der Waals surface area contributed by atoms with Gasteiger partial charge in [0.15, 0.2) is 0 Å². The van der Waals surface area contributed by atoms with Crippen molar-refractivity contribution in [2.24, 2.45) is 0 Å². The molecule has 0 aromatic carbocycles. The van der Waals surface area contributed by atoms with Crippen molar-refractivity contribution < 1.29 is 4.74 Å². The van der Waals surface area contributed by atoms with E-state index in [0.717, 1.165) is 11.2 Å². The van der Waals surface area contributed by atoms with Crippen molar-refractivity contribution in [2.75, 3.05) is 19.0 Å². The SMILES string of the molecule is C=CCOCC1CSC(C)S1. The lowest BCUT2D eigenvalue weighted by atomic mass is 10.5. The lowest BCUT2D eigenvalue weighted by molar-refractivity contribution is 0.167. The maximum absolute atomic E-state index is 5.36. The van der Waals surface area contributed by atoms with Crippen LogP contribution in [0.1, 0.15) is 6.92 Å². The zero-order chi connectivity index (χ0) is 8.10. The van der Waals surface area contributed by atoms with Crippen LogP contribution < -0.4 is 0 Å². The Balaban J connectivity index is 2.03. The van der Waals surface area contributed by atoms with Crippen LogP contribution in [-0.4, -0.2) is 28.8 Å². The average molecular weight is 190 g/mol. The Bertz CT molecular complexity index is 127. The lowest BCUT2D eigenvalue weighted by Gasteiger charge is -2.06. The summed E-state index contributed by atoms with van der Waals surface area (Å²) in [5, 5.41) is 0.704. The molecule has 1 fully saturated rings. The number of hydrogen-bond donors (Lipinski definition) is 0. The van der Waals surface area contributed by atoms with Gasteiger partial charge in [-0.25, -0.2) is 0 Å². The van der Waals surface area contributed by atoms with Crippen molar-refractivity contribution in [2.45, 2.75) is 16.8 Å². The monoisotopic (exact) mass is 190 g/mol. The molecule has 1 saturated heterocycles. The van der Waals surface area contributed by atoms with E-state index in [1.54, 1.807) is 6.08 Å². The van der Waals surface area contributed by atoms with Crippen molar-refractivity contribution >= 4 is 23.5 Å². The van der Waals surface area contributed by atoms with Crippen LogP contribution in [0.5, 0.6) is 0 Å². The van der Waals surface area contributed by atoms with Crippen LogP contribution in [-0.2, 0) is 4.74 Å². The predicted molar refractivity (Wildman–Crippen MR) is 54.3 cm³/mol. The molecule has 0 amide bonds. The summed E-state index contributed by atoms with van der Waals surface area (Å²) in [6.45, 7) is 7.43. The Morgan fingerprint density at radius 1 is 1.73 bits per heavy atom. The van der Waals surface area contributed by atoms with Crippen molar-refractivity contribution in [3.63, 3.8) is 0 Å². The standard InChI is InChI=1S/C8H14OS2/c1-3-4-9-5-8-6-10-7(2)11-8/h3,7-8H,1,4-6H2,2H3. The minimum absolute atomic E-state index is 0.691. The Hall–Kier alpha value is 0.400. The van der Waals surface area contributed by atoms with Gasteiger partial charge in [-0.15, -0.1) is 30.1 Å². The largest absolute Gasteiger partial charge is 0.376 e. The first-order chi connectivity index (χ1) is 5.33. The zero-order valence-electron chi connectivity index (χ0n) is 6.79. The third-order valence-corrected chi connectivity index (χ3v) is 4.53. The molecule has 1 aliphatic rings. The molecule has 0 aromatic rings. The van der Waals surface area contributed by atoms with Crippen LogP contribution in [0.25, 0.3) is 0 Å². The third kappa shape index (κ3) is 3.54. The van der Waals surface area contributed by atoms with Gasteiger partial charge in [-0.2, -0.15) is 0 Å². The predicted octanol–water partition coefficient (Wildman–Crippen LogP) is 2.38. The normalized spacial score (nSPS) is 30.6. The molecule has 0 radical (unpaired) electrons. The Kier molecular flexibility index (Phi) is 4.41. The van der Waals surface area contributed by atoms with Crippen molar-refractivity contribution in [3.05, 3.63) is 12.7 Å². The molecule has 1 heterocycles. The minimum Gasteiger partial charge on any atom is -0.376 e. The van der Waals surface area contributed by atoms with Gasteiger partial charge in [0.25, 0.3) is 0 Å². The molecule has 0 N–H and O–H groups in total. The van der Waals surface area contributed by atoms with Crippen LogP contribution in [0, 0.1) is 0 Å². The van der Waals surface area contributed by atoms with E-state index in [4.69, 9.17) is 4.74 Å². The Morgan fingerprint density at radius 3 is 3.09 bits per heavy atom. The smallest absolute Gasteiger partial charge is 0.0645 e. The van der Waals surface area contributed by atoms with E-state index in [0.29, 0.717) is 11.9 Å². The van der Waals surface area contributed by atoms with E-state index in [2.05, 4.69) is 13.5 Å². The second-order valence-corrected chi connectivity index (χ2v) is 5.80. The minimum atomic E-state index is 0.691. The summed E-state index contributed by atoms with van der Waals surface area (Å²) in [5.74, 6) is 1.24. The molecule has 0 spiro atoms. The van der Waals surface area contributed by atoms with E-state index in [1.165, 1.54) is 5.75 Å². The maximum atomic E-state index is 5.36. The molecule has 1 aliphatic heterocycles. The fourth-order valence-corrected chi connectivity index (χ4v) is 3.83. The summed E-state index contributed by atoms with van der Waals surface area (Å²) in [6.07, 6.45) is 1.80. The molecule has 1 rings (SSSR count). The summed E-state index contributed by atoms with van der Waals surface area (Å²) in [5.41, 5.74) is 0. The van der Waals surface area contributed by atoms with E-state index in [9.17, 15) is 0 Å². The summed E-state index contributed by atoms with van der Waals surface area (Å²) < 4.78 is 6.12. The lowest BCUT2D eigenvalue weighted by Crippen LogP contribution is -2.11. The molecule has 0 aromatic heterocycles. The highest BCUT2D eigenvalue weighted by Gasteiger charge is 2.21. The van der Waals surface area contributed by atoms with Gasteiger partial charge in [-0.1, -0.05) is 6.08 Å². The van der Waals surface area contributed by atoms with Gasteiger partial charge >= 0.3 is 0 Å². The van der Waals surface area contributed by atoms with Crippen molar-refractivity contribution in [1.82, 2.24) is 0 Å². The second kappa shape index (κ2) is 5.12. The van der Waals surface area contributed by atoms with E-state index in [-0.39, 0.29) is 0 Å². The molecular formula is C8H14OS2. The van der Waals surface area contributed by atoms with Crippen LogP contribution in [0.4, 0.5) is 0 Å². The quantitative estimate of drug-likeness (QED) is 0.497. The van der Waals surface area contributed by atoms with Gasteiger partial charge in [0.2, 0.25) is 0 Å². The van der Waals surface area contributed by atoms with Crippen LogP contribution in [0.3, 0.4) is 0 Å². The molecular weight excluding hydrogens is 176 g/mol. The highest BCUT2D eigenvalue weighted by Crippen LogP contribution is 2.37. The average Bonchev–Trinajstić information content (AvgIpc) is 2.37. The summed E-state index contributed by atoms with van der Waals surface area (Å²) in [4.78, 5) is 0. The molecule has 2 unspecified atom stereocenters. The van der Waals surface area contributed by atoms with Crippen LogP contribution >= 0.6 is 23.5 Å². The molecule has 64 valence electrons. The van der Waals surface area contributed by atoms with Gasteiger partial charge in [-0.05, 0) is 6.92 Å². The fourth-order valence-electron chi connectivity index (χ4n) is 0.963. The topological polar surface area (TPSA) is 9.23 Å². The number of ether oxygens (including phenoxy) is 1. The Morgan fingerprint density at radius 2 is 2.55 bits per heavy atom. The highest BCUT2D eigenvalue weighted by molar-refractivity contribution is 8.20. The van der Waals surface area contributed by atoms with Gasteiger partial charge in [0.1, 0.15) is 0 Å². The van der Waals surface area contributed by atoms with Crippen molar-refractivity contribution in [3.8, 4) is 0 Å². The Labute approximate surface area is 77.0 Å². The van der Waals surface area contributed by atoms with E-state index < -0.39 is 0 Å². The number of hydrogen-bond acceptors (Lipinski definition) is 3. The van der Waals surface area contributed by atoms with Gasteiger partial charge < -0.3 is 4.74 Å². The zero-order valence-corrected chi connectivity index (χ0v) is 8.42. The summed E-state index contributed by atoms with van der Waals surface area (Å²) in [6, 6.07) is 0. The van der Waals surface area contributed by atoms with Crippen molar-refractivity contribution in [1.29, 1.82) is 0 Å². The number of thioether (sulfide) groups is 2. The van der Waals surface area contributed by atoms with E-state index >= 15 is 0 Å². The van der Waals surface area contributed by atoms with Crippen LogP contribution in [0.2, 0.25) is 0 Å². The second-order valence-electron chi connectivity index (χ2n) is 2.49. The first-order valence-electron chi connectivity index (χ1n) is 3.78. The maximum Gasteiger partial charge on any atom is 0.0645 e. The van der Waals surface area contributed by atoms with Gasteiger partial charge in [0.05, 0.1) is 13.2 Å². The highest BCUT2D eigenvalue weighted by atomic mass is 32.2. The molecule has 2 atom stereocenters. The fraction of sp³-hybridized carbons (Fsp3) is 0.750. The summed E-state index contributed by atoms with van der Waals surface area (Å²) >= 11 is 4.04. The van der Waals surface area contributed by atoms with Gasteiger partial charge in [0, 0.05) is 15.6 Å². The first kappa shape index (κ1) is 9.49.